The third-order valence-electron chi connectivity index (χ3n) is 2.59. The average molecular weight is 283 g/mol. The van der Waals surface area contributed by atoms with E-state index in [4.69, 9.17) is 16.3 Å². The van der Waals surface area contributed by atoms with Crippen molar-refractivity contribution in [1.82, 2.24) is 0 Å². The first-order valence-electron chi connectivity index (χ1n) is 5.36. The monoisotopic (exact) mass is 282 g/mol. The van der Waals surface area contributed by atoms with Crippen LogP contribution in [0, 0.1) is 11.6 Å². The largest absolute Gasteiger partial charge is 0.496 e. The molecule has 0 heterocycles. The van der Waals surface area contributed by atoms with Gasteiger partial charge in [0.1, 0.15) is 5.75 Å². The van der Waals surface area contributed by atoms with E-state index in [9.17, 15) is 13.6 Å². The van der Waals surface area contributed by atoms with Crippen LogP contribution in [0.25, 0.3) is 0 Å². The fourth-order valence-electron chi connectivity index (χ4n) is 1.65. The Labute approximate surface area is 113 Å². The van der Waals surface area contributed by atoms with Gasteiger partial charge in [-0.25, -0.2) is 8.78 Å². The lowest BCUT2D eigenvalue weighted by molar-refractivity contribution is 0.103. The molecule has 0 atom stereocenters. The zero-order valence-corrected chi connectivity index (χ0v) is 10.7. The number of hydrogen-bond donors (Lipinski definition) is 0. The van der Waals surface area contributed by atoms with Crippen LogP contribution in [0.2, 0.25) is 5.02 Å². The van der Waals surface area contributed by atoms with Gasteiger partial charge in [-0.15, -0.1) is 0 Å². The van der Waals surface area contributed by atoms with Crippen LogP contribution in [0.1, 0.15) is 15.9 Å². The van der Waals surface area contributed by atoms with E-state index in [0.29, 0.717) is 5.02 Å². The minimum atomic E-state index is -1.07. The quantitative estimate of drug-likeness (QED) is 0.799. The van der Waals surface area contributed by atoms with Crippen molar-refractivity contribution >= 4 is 17.4 Å². The van der Waals surface area contributed by atoms with Crippen LogP contribution >= 0.6 is 11.6 Å². The van der Waals surface area contributed by atoms with Crippen LogP contribution in [0.15, 0.2) is 36.4 Å². The summed E-state index contributed by atoms with van der Waals surface area (Å²) in [4.78, 5) is 12.2. The van der Waals surface area contributed by atoms with Gasteiger partial charge in [0.2, 0.25) is 0 Å². The summed E-state index contributed by atoms with van der Waals surface area (Å²) in [6, 6.07) is 7.46. The highest BCUT2D eigenvalue weighted by Gasteiger charge is 2.16. The first-order chi connectivity index (χ1) is 9.02. The summed E-state index contributed by atoms with van der Waals surface area (Å²) < 4.78 is 31.0. The van der Waals surface area contributed by atoms with Crippen LogP contribution in [0.5, 0.6) is 5.75 Å². The summed E-state index contributed by atoms with van der Waals surface area (Å²) >= 11 is 5.79. The topological polar surface area (TPSA) is 26.3 Å². The maximum atomic E-state index is 13.1. The summed E-state index contributed by atoms with van der Waals surface area (Å²) in [6.45, 7) is 0. The molecular formula is C14H9ClF2O2. The fourth-order valence-corrected chi connectivity index (χ4v) is 1.81. The second-order valence-corrected chi connectivity index (χ2v) is 4.24. The van der Waals surface area contributed by atoms with E-state index < -0.39 is 17.4 Å². The Hall–Kier alpha value is -1.94. The number of hydrogen-bond acceptors (Lipinski definition) is 2. The van der Waals surface area contributed by atoms with Gasteiger partial charge in [0, 0.05) is 10.6 Å². The number of halogens is 3. The molecule has 2 nitrogen and oxygen atoms in total. The molecule has 0 unspecified atom stereocenters. The van der Waals surface area contributed by atoms with Crippen LogP contribution in [-0.4, -0.2) is 12.9 Å². The number of ether oxygens (including phenoxy) is 1. The van der Waals surface area contributed by atoms with Crippen LogP contribution in [0.4, 0.5) is 8.78 Å². The molecule has 5 heteroatoms. The van der Waals surface area contributed by atoms with E-state index in [-0.39, 0.29) is 16.9 Å². The molecule has 0 saturated heterocycles. The normalized spacial score (nSPS) is 10.3. The maximum absolute atomic E-state index is 13.1. The van der Waals surface area contributed by atoms with Crippen molar-refractivity contribution in [3.05, 3.63) is 64.2 Å². The molecule has 0 fully saturated rings. The number of carbonyl (C=O) groups excluding carboxylic acids is 1. The molecule has 0 aliphatic heterocycles. The molecule has 2 aromatic rings. The highest BCUT2D eigenvalue weighted by molar-refractivity contribution is 6.31. The number of carbonyl (C=O) groups is 1. The molecule has 0 bridgehead atoms. The van der Waals surface area contributed by atoms with Crippen molar-refractivity contribution in [2.24, 2.45) is 0 Å². The first-order valence-corrected chi connectivity index (χ1v) is 5.74. The highest BCUT2D eigenvalue weighted by atomic mass is 35.5. The van der Waals surface area contributed by atoms with Gasteiger partial charge in [-0.2, -0.15) is 0 Å². The molecule has 19 heavy (non-hydrogen) atoms. The molecular weight excluding hydrogens is 274 g/mol. The zero-order valence-electron chi connectivity index (χ0n) is 9.91. The minimum absolute atomic E-state index is 0.0412. The van der Waals surface area contributed by atoms with E-state index in [1.165, 1.54) is 31.4 Å². The molecule has 0 N–H and O–H groups in total. The number of methoxy groups -OCH3 is 1. The van der Waals surface area contributed by atoms with E-state index in [1.54, 1.807) is 0 Å². The molecule has 0 aliphatic carbocycles. The van der Waals surface area contributed by atoms with E-state index in [0.717, 1.165) is 12.1 Å². The molecule has 98 valence electrons. The summed E-state index contributed by atoms with van der Waals surface area (Å²) in [5.74, 6) is -2.26. The van der Waals surface area contributed by atoms with Gasteiger partial charge in [-0.1, -0.05) is 11.6 Å². The lowest BCUT2D eigenvalue weighted by Gasteiger charge is -2.08. The van der Waals surface area contributed by atoms with Crippen LogP contribution in [-0.2, 0) is 0 Å². The predicted molar refractivity (Wildman–Crippen MR) is 67.8 cm³/mol. The Morgan fingerprint density at radius 2 is 1.84 bits per heavy atom. The van der Waals surface area contributed by atoms with Gasteiger partial charge in [-0.05, 0) is 36.4 Å². The van der Waals surface area contributed by atoms with Gasteiger partial charge in [-0.3, -0.25) is 4.79 Å². The van der Waals surface area contributed by atoms with Gasteiger partial charge < -0.3 is 4.74 Å². The van der Waals surface area contributed by atoms with Gasteiger partial charge in [0.05, 0.1) is 12.7 Å². The molecule has 0 aromatic heterocycles. The number of ketones is 1. The Kier molecular flexibility index (Phi) is 3.81. The predicted octanol–water partition coefficient (Wildman–Crippen LogP) is 3.86. The van der Waals surface area contributed by atoms with Crippen molar-refractivity contribution in [1.29, 1.82) is 0 Å². The summed E-state index contributed by atoms with van der Waals surface area (Å²) in [5.41, 5.74) is 0.275. The molecule has 2 aromatic carbocycles. The second-order valence-electron chi connectivity index (χ2n) is 3.80. The Morgan fingerprint density at radius 3 is 2.47 bits per heavy atom. The summed E-state index contributed by atoms with van der Waals surface area (Å²) in [6.07, 6.45) is 0. The molecule has 0 spiro atoms. The third kappa shape index (κ3) is 2.74. The Balaban J connectivity index is 2.46. The van der Waals surface area contributed by atoms with E-state index >= 15 is 0 Å². The Bertz CT molecular complexity index is 641. The molecule has 2 rings (SSSR count). The van der Waals surface area contributed by atoms with Crippen molar-refractivity contribution in [2.45, 2.75) is 0 Å². The maximum Gasteiger partial charge on any atom is 0.196 e. The van der Waals surface area contributed by atoms with Gasteiger partial charge in [0.15, 0.2) is 17.4 Å². The molecule has 0 saturated carbocycles. The third-order valence-corrected chi connectivity index (χ3v) is 2.83. The average Bonchev–Trinajstić information content (AvgIpc) is 2.41. The summed E-state index contributed by atoms with van der Waals surface area (Å²) in [5, 5.41) is 0.415. The molecule has 0 amide bonds. The SMILES string of the molecule is COc1cc(Cl)ccc1C(=O)c1ccc(F)c(F)c1. The Morgan fingerprint density at radius 1 is 1.11 bits per heavy atom. The van der Waals surface area contributed by atoms with Gasteiger partial charge >= 0.3 is 0 Å². The highest BCUT2D eigenvalue weighted by Crippen LogP contribution is 2.25. The lowest BCUT2D eigenvalue weighted by atomic mass is 10.0. The van der Waals surface area contributed by atoms with Crippen LogP contribution in [0.3, 0.4) is 0 Å². The minimum Gasteiger partial charge on any atom is -0.496 e. The number of benzene rings is 2. The molecule has 0 aliphatic rings. The van der Waals surface area contributed by atoms with Crippen molar-refractivity contribution in [3.8, 4) is 5.75 Å². The fraction of sp³-hybridized carbons (Fsp3) is 0.0714. The second kappa shape index (κ2) is 5.36. The molecule has 0 radical (unpaired) electrons. The standard InChI is InChI=1S/C14H9ClF2O2/c1-19-13-7-9(15)3-4-10(13)14(18)8-2-5-11(16)12(17)6-8/h2-7H,1H3. The summed E-state index contributed by atoms with van der Waals surface area (Å²) in [7, 11) is 1.40. The van der Waals surface area contributed by atoms with Crippen molar-refractivity contribution < 1.29 is 18.3 Å². The van der Waals surface area contributed by atoms with Gasteiger partial charge in [0.25, 0.3) is 0 Å². The van der Waals surface area contributed by atoms with E-state index in [1.807, 2.05) is 0 Å². The lowest BCUT2D eigenvalue weighted by Crippen LogP contribution is -2.05. The van der Waals surface area contributed by atoms with E-state index in [2.05, 4.69) is 0 Å². The first kappa shape index (κ1) is 13.5. The van der Waals surface area contributed by atoms with Crippen molar-refractivity contribution in [3.63, 3.8) is 0 Å². The van der Waals surface area contributed by atoms with Crippen molar-refractivity contribution in [2.75, 3.05) is 7.11 Å². The smallest absolute Gasteiger partial charge is 0.196 e. The number of rotatable bonds is 3. The zero-order chi connectivity index (χ0) is 14.0. The van der Waals surface area contributed by atoms with Crippen LogP contribution < -0.4 is 4.74 Å².